The van der Waals surface area contributed by atoms with E-state index in [9.17, 15) is 9.90 Å². The first-order valence-electron chi connectivity index (χ1n) is 5.62. The van der Waals surface area contributed by atoms with Crippen molar-refractivity contribution in [2.75, 3.05) is 13.1 Å². The molecule has 5 heteroatoms. The lowest BCUT2D eigenvalue weighted by Gasteiger charge is -2.19. The van der Waals surface area contributed by atoms with Gasteiger partial charge in [0.2, 0.25) is 0 Å². The van der Waals surface area contributed by atoms with Crippen LogP contribution in [0.5, 0.6) is 11.5 Å². The van der Waals surface area contributed by atoms with E-state index in [4.69, 9.17) is 5.11 Å². The minimum absolute atomic E-state index is 0.00122. The Balaban J connectivity index is 2.58. The Bertz CT molecular complexity index is 389. The second-order valence-electron chi connectivity index (χ2n) is 3.64. The number of rotatable bonds is 4. The van der Waals surface area contributed by atoms with Crippen LogP contribution in [0.3, 0.4) is 0 Å². The fourth-order valence-corrected chi connectivity index (χ4v) is 1.50. The Labute approximate surface area is 101 Å². The number of carbonyl (C=O) groups is 1. The first kappa shape index (κ1) is 13.2. The number of phenolic OH excluding ortho intramolecular Hbond substituents is 2. The van der Waals surface area contributed by atoms with Crippen molar-refractivity contribution in [2.24, 2.45) is 0 Å². The molecule has 0 fully saturated rings. The van der Waals surface area contributed by atoms with E-state index in [2.05, 4.69) is 5.32 Å². The van der Waals surface area contributed by atoms with Crippen LogP contribution >= 0.6 is 0 Å². The smallest absolute Gasteiger partial charge is 0.317 e. The molecule has 94 valence electrons. The van der Waals surface area contributed by atoms with Gasteiger partial charge in [-0.25, -0.2) is 4.79 Å². The Hall–Kier alpha value is -1.91. The number of phenols is 2. The van der Waals surface area contributed by atoms with E-state index in [0.717, 1.165) is 0 Å². The van der Waals surface area contributed by atoms with E-state index >= 15 is 0 Å². The summed E-state index contributed by atoms with van der Waals surface area (Å²) >= 11 is 0. The molecule has 0 spiro atoms. The molecule has 17 heavy (non-hydrogen) atoms. The highest BCUT2D eigenvalue weighted by atomic mass is 16.3. The summed E-state index contributed by atoms with van der Waals surface area (Å²) in [5.41, 5.74) is 0.573. The van der Waals surface area contributed by atoms with Crippen molar-refractivity contribution in [2.45, 2.75) is 20.4 Å². The van der Waals surface area contributed by atoms with Crippen molar-refractivity contribution < 1.29 is 15.0 Å². The summed E-state index contributed by atoms with van der Waals surface area (Å²) in [6, 6.07) is 4.13. The number of hydrogen-bond acceptors (Lipinski definition) is 3. The maximum Gasteiger partial charge on any atom is 0.317 e. The van der Waals surface area contributed by atoms with Gasteiger partial charge in [-0.2, -0.15) is 0 Å². The molecular formula is C12H18N2O3. The van der Waals surface area contributed by atoms with Gasteiger partial charge in [0.15, 0.2) is 0 Å². The number of nitrogens with one attached hydrogen (secondary N) is 1. The molecule has 0 atom stereocenters. The fraction of sp³-hybridized carbons (Fsp3) is 0.417. The Morgan fingerprint density at radius 2 is 1.94 bits per heavy atom. The van der Waals surface area contributed by atoms with Gasteiger partial charge in [0, 0.05) is 31.3 Å². The normalized spacial score (nSPS) is 10.0. The highest BCUT2D eigenvalue weighted by Gasteiger charge is 2.09. The molecule has 0 aliphatic carbocycles. The van der Waals surface area contributed by atoms with Gasteiger partial charge < -0.3 is 20.4 Å². The summed E-state index contributed by atoms with van der Waals surface area (Å²) in [4.78, 5) is 13.3. The van der Waals surface area contributed by atoms with Gasteiger partial charge in [0.05, 0.1) is 0 Å². The SMILES string of the molecule is CCN(CC)C(=O)NCc1ccc(O)cc1O. The molecule has 1 aromatic rings. The van der Waals surface area contributed by atoms with E-state index in [1.54, 1.807) is 11.0 Å². The van der Waals surface area contributed by atoms with Crippen molar-refractivity contribution in [3.8, 4) is 11.5 Å². The number of urea groups is 1. The number of aromatic hydroxyl groups is 2. The van der Waals surface area contributed by atoms with Crippen LogP contribution in [0.25, 0.3) is 0 Å². The molecule has 2 amide bonds. The van der Waals surface area contributed by atoms with E-state index in [1.165, 1.54) is 12.1 Å². The molecule has 3 N–H and O–H groups in total. The van der Waals surface area contributed by atoms with Crippen molar-refractivity contribution >= 4 is 6.03 Å². The maximum atomic E-state index is 11.6. The van der Waals surface area contributed by atoms with Crippen molar-refractivity contribution in [1.29, 1.82) is 0 Å². The largest absolute Gasteiger partial charge is 0.508 e. The van der Waals surface area contributed by atoms with Crippen molar-refractivity contribution in [1.82, 2.24) is 10.2 Å². The second kappa shape index (κ2) is 5.98. The topological polar surface area (TPSA) is 72.8 Å². The lowest BCUT2D eigenvalue weighted by Crippen LogP contribution is -2.39. The first-order chi connectivity index (χ1) is 8.08. The van der Waals surface area contributed by atoms with E-state index in [1.807, 2.05) is 13.8 Å². The summed E-state index contributed by atoms with van der Waals surface area (Å²) < 4.78 is 0. The van der Waals surface area contributed by atoms with Crippen molar-refractivity contribution in [3.63, 3.8) is 0 Å². The number of amides is 2. The Morgan fingerprint density at radius 3 is 2.47 bits per heavy atom. The number of nitrogens with zero attached hydrogens (tertiary/aromatic N) is 1. The predicted octanol–water partition coefficient (Wildman–Crippen LogP) is 1.65. The molecule has 0 aliphatic heterocycles. The van der Waals surface area contributed by atoms with Gasteiger partial charge in [0.1, 0.15) is 11.5 Å². The summed E-state index contributed by atoms with van der Waals surface area (Å²) in [5.74, 6) is -0.0221. The zero-order valence-corrected chi connectivity index (χ0v) is 10.1. The Morgan fingerprint density at radius 1 is 1.29 bits per heavy atom. The van der Waals surface area contributed by atoms with Crippen LogP contribution in [0.4, 0.5) is 4.79 Å². The van der Waals surface area contributed by atoms with E-state index in [0.29, 0.717) is 18.7 Å². The predicted molar refractivity (Wildman–Crippen MR) is 64.9 cm³/mol. The van der Waals surface area contributed by atoms with Gasteiger partial charge in [-0.3, -0.25) is 0 Å². The minimum atomic E-state index is -0.164. The summed E-state index contributed by atoms with van der Waals surface area (Å²) in [6.07, 6.45) is 0. The maximum absolute atomic E-state index is 11.6. The fourth-order valence-electron chi connectivity index (χ4n) is 1.50. The Kier molecular flexibility index (Phi) is 4.63. The molecule has 5 nitrogen and oxygen atoms in total. The van der Waals surface area contributed by atoms with Gasteiger partial charge in [-0.15, -0.1) is 0 Å². The minimum Gasteiger partial charge on any atom is -0.508 e. The first-order valence-corrected chi connectivity index (χ1v) is 5.62. The molecule has 0 saturated heterocycles. The molecule has 0 aliphatic rings. The average molecular weight is 238 g/mol. The van der Waals surface area contributed by atoms with Crippen LogP contribution in [0.15, 0.2) is 18.2 Å². The highest BCUT2D eigenvalue weighted by Crippen LogP contribution is 2.22. The quantitative estimate of drug-likeness (QED) is 0.746. The zero-order chi connectivity index (χ0) is 12.8. The summed E-state index contributed by atoms with van der Waals surface area (Å²) in [6.45, 7) is 5.33. The van der Waals surface area contributed by atoms with Gasteiger partial charge in [-0.1, -0.05) is 0 Å². The van der Waals surface area contributed by atoms with Crippen LogP contribution in [0.1, 0.15) is 19.4 Å². The third-order valence-electron chi connectivity index (χ3n) is 2.55. The number of carbonyl (C=O) groups excluding carboxylic acids is 1. The molecule has 0 radical (unpaired) electrons. The molecule has 1 rings (SSSR count). The van der Waals surface area contributed by atoms with Crippen LogP contribution in [0, 0.1) is 0 Å². The van der Waals surface area contributed by atoms with E-state index < -0.39 is 0 Å². The average Bonchev–Trinajstić information content (AvgIpc) is 2.29. The van der Waals surface area contributed by atoms with Gasteiger partial charge in [-0.05, 0) is 26.0 Å². The lowest BCUT2D eigenvalue weighted by molar-refractivity contribution is 0.203. The van der Waals surface area contributed by atoms with Crippen LogP contribution in [-0.2, 0) is 6.54 Å². The monoisotopic (exact) mass is 238 g/mol. The third-order valence-corrected chi connectivity index (χ3v) is 2.55. The van der Waals surface area contributed by atoms with E-state index in [-0.39, 0.29) is 24.1 Å². The molecule has 0 unspecified atom stereocenters. The van der Waals surface area contributed by atoms with Crippen LogP contribution in [0.2, 0.25) is 0 Å². The standard InChI is InChI=1S/C12H18N2O3/c1-3-14(4-2)12(17)13-8-9-5-6-10(15)7-11(9)16/h5-7,15-16H,3-4,8H2,1-2H3,(H,13,17). The number of hydrogen-bond donors (Lipinski definition) is 3. The zero-order valence-electron chi connectivity index (χ0n) is 10.1. The highest BCUT2D eigenvalue weighted by molar-refractivity contribution is 5.74. The number of benzene rings is 1. The lowest BCUT2D eigenvalue weighted by atomic mass is 10.2. The molecule has 0 bridgehead atoms. The molecular weight excluding hydrogens is 220 g/mol. The molecule has 0 heterocycles. The van der Waals surface area contributed by atoms with Crippen molar-refractivity contribution in [3.05, 3.63) is 23.8 Å². The molecule has 1 aromatic carbocycles. The second-order valence-corrected chi connectivity index (χ2v) is 3.64. The van der Waals surface area contributed by atoms with Crippen LogP contribution in [-0.4, -0.2) is 34.2 Å². The third kappa shape index (κ3) is 3.55. The summed E-state index contributed by atoms with van der Waals surface area (Å²) in [5, 5.41) is 21.4. The summed E-state index contributed by atoms with van der Waals surface area (Å²) in [7, 11) is 0. The van der Waals surface area contributed by atoms with Crippen LogP contribution < -0.4 is 5.32 Å². The molecule has 0 saturated carbocycles. The molecule has 0 aromatic heterocycles. The van der Waals surface area contributed by atoms with Gasteiger partial charge >= 0.3 is 6.03 Å². The van der Waals surface area contributed by atoms with Gasteiger partial charge in [0.25, 0.3) is 0 Å².